The van der Waals surface area contributed by atoms with Crippen molar-refractivity contribution in [3.63, 3.8) is 0 Å². The van der Waals surface area contributed by atoms with Crippen LogP contribution >= 0.6 is 0 Å². The molecule has 0 spiro atoms. The number of likely N-dealkylation sites (tertiary alicyclic amines) is 1. The van der Waals surface area contributed by atoms with Crippen molar-refractivity contribution < 1.29 is 28.6 Å². The van der Waals surface area contributed by atoms with Crippen molar-refractivity contribution in [3.05, 3.63) is 88.7 Å². The molecule has 0 N–H and O–H groups in total. The third kappa shape index (κ3) is 7.58. The zero-order chi connectivity index (χ0) is 35.1. The number of carbonyl (C=O) groups excluding carboxylic acids is 3. The van der Waals surface area contributed by atoms with Crippen molar-refractivity contribution >= 4 is 29.3 Å². The highest BCUT2D eigenvalue weighted by molar-refractivity contribution is 5.92. The van der Waals surface area contributed by atoms with Crippen LogP contribution in [-0.4, -0.2) is 61.9 Å². The Morgan fingerprint density at radius 1 is 0.878 bits per heavy atom. The van der Waals surface area contributed by atoms with Crippen LogP contribution in [0, 0.1) is 6.92 Å². The SMILES string of the molecule is Cc1cn(C(=O)OC(C)(C)C)c2ncc(-c3cc4c(c(C5CCCN5C(=O)OC(C)(C)C)c3)CCN(C(=O)OCc3ccccc3)C4)cc12. The molecule has 10 heteroatoms. The van der Waals surface area contributed by atoms with Gasteiger partial charge in [0.25, 0.3) is 0 Å². The fourth-order valence-electron chi connectivity index (χ4n) is 6.67. The number of amides is 2. The molecule has 2 aromatic heterocycles. The number of benzene rings is 2. The van der Waals surface area contributed by atoms with Crippen LogP contribution in [0.2, 0.25) is 0 Å². The van der Waals surface area contributed by atoms with E-state index in [0.29, 0.717) is 31.7 Å². The van der Waals surface area contributed by atoms with Crippen LogP contribution in [0.25, 0.3) is 22.2 Å². The van der Waals surface area contributed by atoms with Gasteiger partial charge in [0.15, 0.2) is 0 Å². The number of aryl methyl sites for hydroxylation is 1. The normalized spacial score (nSPS) is 16.4. The van der Waals surface area contributed by atoms with Gasteiger partial charge >= 0.3 is 18.3 Å². The minimum Gasteiger partial charge on any atom is -0.445 e. The van der Waals surface area contributed by atoms with E-state index >= 15 is 0 Å². The fourth-order valence-corrected chi connectivity index (χ4v) is 6.67. The van der Waals surface area contributed by atoms with Crippen LogP contribution < -0.4 is 0 Å². The highest BCUT2D eigenvalue weighted by atomic mass is 16.6. The zero-order valence-corrected chi connectivity index (χ0v) is 29.5. The number of aromatic nitrogens is 2. The summed E-state index contributed by atoms with van der Waals surface area (Å²) in [5, 5.41) is 0.838. The van der Waals surface area contributed by atoms with Crippen LogP contribution in [0.15, 0.2) is 60.9 Å². The number of carbonyl (C=O) groups is 3. The van der Waals surface area contributed by atoms with E-state index in [0.717, 1.165) is 57.2 Å². The summed E-state index contributed by atoms with van der Waals surface area (Å²) in [6.07, 6.45) is 4.67. The monoisotopic (exact) mass is 666 g/mol. The highest BCUT2D eigenvalue weighted by Gasteiger charge is 2.36. The molecule has 6 rings (SSSR count). The first-order valence-electron chi connectivity index (χ1n) is 17.0. The minimum absolute atomic E-state index is 0.160. The molecule has 258 valence electrons. The molecule has 49 heavy (non-hydrogen) atoms. The molecule has 1 unspecified atom stereocenters. The molecule has 0 bridgehead atoms. The first-order valence-corrected chi connectivity index (χ1v) is 17.0. The van der Waals surface area contributed by atoms with Crippen molar-refractivity contribution in [3.8, 4) is 11.1 Å². The molecule has 2 amide bonds. The van der Waals surface area contributed by atoms with Crippen molar-refractivity contribution in [2.24, 2.45) is 0 Å². The van der Waals surface area contributed by atoms with Crippen molar-refractivity contribution in [2.45, 2.75) is 98.1 Å². The van der Waals surface area contributed by atoms with Crippen LogP contribution in [0.4, 0.5) is 14.4 Å². The third-order valence-electron chi connectivity index (χ3n) is 8.84. The first-order chi connectivity index (χ1) is 23.2. The van der Waals surface area contributed by atoms with E-state index in [9.17, 15) is 14.4 Å². The van der Waals surface area contributed by atoms with E-state index in [4.69, 9.17) is 19.2 Å². The van der Waals surface area contributed by atoms with Gasteiger partial charge < -0.3 is 24.0 Å². The Morgan fingerprint density at radius 2 is 1.59 bits per heavy atom. The average Bonchev–Trinajstić information content (AvgIpc) is 3.66. The molecular weight excluding hydrogens is 620 g/mol. The van der Waals surface area contributed by atoms with E-state index in [-0.39, 0.29) is 24.8 Å². The molecule has 2 aliphatic rings. The van der Waals surface area contributed by atoms with Gasteiger partial charge in [0.1, 0.15) is 23.5 Å². The van der Waals surface area contributed by atoms with Crippen LogP contribution in [0.5, 0.6) is 0 Å². The van der Waals surface area contributed by atoms with Crippen molar-refractivity contribution in [1.82, 2.24) is 19.4 Å². The van der Waals surface area contributed by atoms with Gasteiger partial charge in [0, 0.05) is 43.0 Å². The van der Waals surface area contributed by atoms with Gasteiger partial charge in [-0.2, -0.15) is 0 Å². The van der Waals surface area contributed by atoms with Gasteiger partial charge in [0.05, 0.1) is 6.04 Å². The lowest BCUT2D eigenvalue weighted by Gasteiger charge is -2.34. The lowest BCUT2D eigenvalue weighted by molar-refractivity contribution is 0.0223. The molecule has 4 aromatic rings. The first kappa shape index (κ1) is 34.0. The summed E-state index contributed by atoms with van der Waals surface area (Å²) in [5.41, 5.74) is 6.11. The van der Waals surface area contributed by atoms with E-state index < -0.39 is 17.3 Å². The molecule has 4 heterocycles. The summed E-state index contributed by atoms with van der Waals surface area (Å²) in [6.45, 7) is 14.8. The maximum Gasteiger partial charge on any atom is 0.420 e. The van der Waals surface area contributed by atoms with Gasteiger partial charge in [-0.1, -0.05) is 30.3 Å². The Kier molecular flexibility index (Phi) is 9.17. The van der Waals surface area contributed by atoms with E-state index in [1.54, 1.807) is 17.3 Å². The second kappa shape index (κ2) is 13.2. The fraction of sp³-hybridized carbons (Fsp3) is 0.436. The second-order valence-corrected chi connectivity index (χ2v) is 15.0. The third-order valence-corrected chi connectivity index (χ3v) is 8.84. The predicted octanol–water partition coefficient (Wildman–Crippen LogP) is 8.56. The lowest BCUT2D eigenvalue weighted by Crippen LogP contribution is -2.39. The molecular formula is C39H46N4O6. The van der Waals surface area contributed by atoms with Gasteiger partial charge in [0.2, 0.25) is 0 Å². The van der Waals surface area contributed by atoms with Gasteiger partial charge in [-0.15, -0.1) is 0 Å². The molecule has 0 saturated carbocycles. The van der Waals surface area contributed by atoms with Crippen molar-refractivity contribution in [2.75, 3.05) is 13.1 Å². The molecule has 0 radical (unpaired) electrons. The Morgan fingerprint density at radius 3 is 2.31 bits per heavy atom. The average molecular weight is 667 g/mol. The Balaban J connectivity index is 1.37. The number of pyridine rings is 1. The van der Waals surface area contributed by atoms with Gasteiger partial charge in [-0.3, -0.25) is 0 Å². The summed E-state index contributed by atoms with van der Waals surface area (Å²) >= 11 is 0. The summed E-state index contributed by atoms with van der Waals surface area (Å²) in [6, 6.07) is 15.8. The maximum atomic E-state index is 13.4. The smallest absolute Gasteiger partial charge is 0.420 e. The van der Waals surface area contributed by atoms with Crippen molar-refractivity contribution in [1.29, 1.82) is 0 Å². The van der Waals surface area contributed by atoms with E-state index in [1.165, 1.54) is 4.57 Å². The second-order valence-electron chi connectivity index (χ2n) is 15.0. The summed E-state index contributed by atoms with van der Waals surface area (Å²) in [4.78, 5) is 48.0. The number of hydrogen-bond donors (Lipinski definition) is 0. The highest BCUT2D eigenvalue weighted by Crippen LogP contribution is 2.40. The van der Waals surface area contributed by atoms with Crippen LogP contribution in [0.3, 0.4) is 0 Å². The molecule has 1 fully saturated rings. The number of fused-ring (bicyclic) bond motifs is 2. The van der Waals surface area contributed by atoms with Crippen LogP contribution in [0.1, 0.15) is 88.2 Å². The largest absolute Gasteiger partial charge is 0.445 e. The number of rotatable bonds is 4. The Hall–Kier alpha value is -4.86. The van der Waals surface area contributed by atoms with E-state index in [1.807, 2.05) is 89.8 Å². The quantitative estimate of drug-likeness (QED) is 0.201. The topological polar surface area (TPSA) is 103 Å². The predicted molar refractivity (Wildman–Crippen MR) is 187 cm³/mol. The summed E-state index contributed by atoms with van der Waals surface area (Å²) < 4.78 is 18.6. The Labute approximate surface area is 287 Å². The number of ether oxygens (including phenoxy) is 3. The van der Waals surface area contributed by atoms with Gasteiger partial charge in [-0.05, 0) is 119 Å². The standard InChI is InChI=1S/C39H46N4O6/c1-25-22-43(37(46)49-39(5,6)7)34-31(25)20-28(21-40-34)27-18-29-23-41(35(44)47-24-26-12-9-8-10-13-26)17-15-30(29)32(19-27)33-14-11-16-42(33)36(45)48-38(2,3)4/h8-10,12-13,18-22,33H,11,14-17,23-24H2,1-7H3. The molecule has 1 saturated heterocycles. The summed E-state index contributed by atoms with van der Waals surface area (Å²) in [7, 11) is 0. The molecule has 10 nitrogen and oxygen atoms in total. The lowest BCUT2D eigenvalue weighted by atomic mass is 9.86. The summed E-state index contributed by atoms with van der Waals surface area (Å²) in [5.74, 6) is 0. The van der Waals surface area contributed by atoms with Gasteiger partial charge in [-0.25, -0.2) is 23.9 Å². The van der Waals surface area contributed by atoms with E-state index in [2.05, 4.69) is 12.1 Å². The number of hydrogen-bond acceptors (Lipinski definition) is 7. The minimum atomic E-state index is -0.643. The molecule has 2 aliphatic heterocycles. The number of nitrogens with zero attached hydrogens (tertiary/aromatic N) is 4. The van der Waals surface area contributed by atoms with Crippen LogP contribution in [-0.2, 0) is 33.8 Å². The Bertz CT molecular complexity index is 1890. The molecule has 1 atom stereocenters. The molecule has 0 aliphatic carbocycles. The maximum absolute atomic E-state index is 13.4. The zero-order valence-electron chi connectivity index (χ0n) is 29.5. The molecule has 2 aromatic carbocycles.